The Balaban J connectivity index is 1.41. The van der Waals surface area contributed by atoms with Crippen molar-refractivity contribution < 1.29 is 4.79 Å². The monoisotopic (exact) mass is 331 g/mol. The van der Waals surface area contributed by atoms with E-state index in [4.69, 9.17) is 0 Å². The zero-order valence-corrected chi connectivity index (χ0v) is 14.5. The Morgan fingerprint density at radius 2 is 2.17 bits per heavy atom. The minimum atomic E-state index is 0.00168. The summed E-state index contributed by atoms with van der Waals surface area (Å²) in [6.45, 7) is 2.67. The molecule has 4 nitrogen and oxygen atoms in total. The molecule has 0 spiro atoms. The zero-order chi connectivity index (χ0) is 16.1. The highest BCUT2D eigenvalue weighted by Crippen LogP contribution is 2.28. The van der Waals surface area contributed by atoms with E-state index in [1.807, 2.05) is 25.1 Å². The summed E-state index contributed by atoms with van der Waals surface area (Å²) in [7, 11) is 0. The van der Waals surface area contributed by atoms with Gasteiger partial charge in [-0.05, 0) is 50.1 Å². The second-order valence-corrected chi connectivity index (χ2v) is 7.70. The van der Waals surface area contributed by atoms with Gasteiger partial charge in [0.25, 0.3) is 5.91 Å². The molecule has 124 valence electrons. The average Bonchev–Trinajstić information content (AvgIpc) is 2.94. The number of thioether (sulfide) groups is 1. The molecule has 1 saturated carbocycles. The fraction of sp³-hybridized carbons (Fsp3) is 0.556. The number of imidazole rings is 1. The highest BCUT2D eigenvalue weighted by molar-refractivity contribution is 7.99. The molecule has 1 aliphatic carbocycles. The van der Waals surface area contributed by atoms with Crippen LogP contribution >= 0.6 is 11.8 Å². The molecule has 1 aromatic heterocycles. The van der Waals surface area contributed by atoms with Crippen molar-refractivity contribution in [1.29, 1.82) is 0 Å². The molecular formula is C18H25N3OS. The van der Waals surface area contributed by atoms with Crippen LogP contribution in [0.5, 0.6) is 0 Å². The number of H-pyrrole nitrogens is 1. The number of nitrogens with zero attached hydrogens (tertiary/aromatic N) is 1. The van der Waals surface area contributed by atoms with Crippen molar-refractivity contribution in [2.75, 3.05) is 12.3 Å². The van der Waals surface area contributed by atoms with Crippen LogP contribution in [0.15, 0.2) is 18.2 Å². The number of carbonyl (C=O) groups excluding carboxylic acids is 1. The third-order valence-corrected chi connectivity index (χ3v) is 5.84. The maximum atomic E-state index is 12.2. The predicted molar refractivity (Wildman–Crippen MR) is 97.1 cm³/mol. The summed E-state index contributed by atoms with van der Waals surface area (Å²) < 4.78 is 0. The van der Waals surface area contributed by atoms with Gasteiger partial charge < -0.3 is 10.3 Å². The Labute approximate surface area is 141 Å². The van der Waals surface area contributed by atoms with Crippen molar-refractivity contribution in [2.24, 2.45) is 0 Å². The first-order valence-corrected chi connectivity index (χ1v) is 9.63. The number of aryl methyl sites for hydroxylation is 1. The van der Waals surface area contributed by atoms with E-state index < -0.39 is 0 Å². The minimum absolute atomic E-state index is 0.00168. The zero-order valence-electron chi connectivity index (χ0n) is 13.7. The number of nitrogens with one attached hydrogen (secondary N) is 2. The standard InChI is InChI=1S/C18H25N3OS/c1-13-20-16-9-8-14(12-17(16)21-13)18(22)19-10-5-11-23-15-6-3-2-4-7-15/h8-9,12,15H,2-7,10-11H2,1H3,(H,19,22)(H,20,21). The molecule has 1 aromatic carbocycles. The number of benzene rings is 1. The highest BCUT2D eigenvalue weighted by Gasteiger charge is 2.13. The molecule has 1 aliphatic rings. The van der Waals surface area contributed by atoms with Crippen LogP contribution < -0.4 is 5.32 Å². The Morgan fingerprint density at radius 1 is 1.35 bits per heavy atom. The van der Waals surface area contributed by atoms with Crippen LogP contribution in [0.3, 0.4) is 0 Å². The average molecular weight is 331 g/mol. The molecule has 23 heavy (non-hydrogen) atoms. The topological polar surface area (TPSA) is 57.8 Å². The molecule has 0 saturated heterocycles. The molecule has 2 aromatic rings. The molecule has 0 bridgehead atoms. The van der Waals surface area contributed by atoms with Crippen molar-refractivity contribution in [2.45, 2.75) is 50.7 Å². The van der Waals surface area contributed by atoms with Crippen molar-refractivity contribution in [1.82, 2.24) is 15.3 Å². The highest BCUT2D eigenvalue weighted by atomic mass is 32.2. The largest absolute Gasteiger partial charge is 0.352 e. The van der Waals surface area contributed by atoms with Crippen molar-refractivity contribution >= 4 is 28.7 Å². The van der Waals surface area contributed by atoms with Crippen LogP contribution in [0.1, 0.15) is 54.7 Å². The molecule has 1 amide bonds. The van der Waals surface area contributed by atoms with Crippen LogP contribution in [0.4, 0.5) is 0 Å². The fourth-order valence-electron chi connectivity index (χ4n) is 3.14. The molecule has 0 unspecified atom stereocenters. The number of hydrogen-bond donors (Lipinski definition) is 2. The van der Waals surface area contributed by atoms with E-state index in [0.29, 0.717) is 5.56 Å². The van der Waals surface area contributed by atoms with Gasteiger partial charge in [0, 0.05) is 17.4 Å². The van der Waals surface area contributed by atoms with Gasteiger partial charge in [0.05, 0.1) is 11.0 Å². The lowest BCUT2D eigenvalue weighted by Gasteiger charge is -2.20. The summed E-state index contributed by atoms with van der Waals surface area (Å²) in [5.74, 6) is 2.02. The van der Waals surface area contributed by atoms with E-state index in [0.717, 1.165) is 40.8 Å². The molecule has 1 fully saturated rings. The Morgan fingerprint density at radius 3 is 3.00 bits per heavy atom. The maximum Gasteiger partial charge on any atom is 0.251 e. The van der Waals surface area contributed by atoms with Gasteiger partial charge >= 0.3 is 0 Å². The summed E-state index contributed by atoms with van der Waals surface area (Å²) in [6.07, 6.45) is 7.99. The summed E-state index contributed by atoms with van der Waals surface area (Å²) in [6, 6.07) is 5.61. The number of fused-ring (bicyclic) bond motifs is 1. The predicted octanol–water partition coefficient (Wildman–Crippen LogP) is 4.06. The number of carbonyl (C=O) groups is 1. The summed E-state index contributed by atoms with van der Waals surface area (Å²) in [4.78, 5) is 19.7. The second-order valence-electron chi connectivity index (χ2n) is 6.29. The SMILES string of the molecule is Cc1nc2ccc(C(=O)NCCCSC3CCCCC3)cc2[nH]1. The first kappa shape index (κ1) is 16.4. The molecule has 3 rings (SSSR count). The van der Waals surface area contributed by atoms with E-state index >= 15 is 0 Å². The normalized spacial score (nSPS) is 15.9. The molecule has 0 atom stereocenters. The van der Waals surface area contributed by atoms with Gasteiger partial charge in [0.15, 0.2) is 0 Å². The van der Waals surface area contributed by atoms with Crippen LogP contribution in [-0.4, -0.2) is 33.4 Å². The molecule has 0 radical (unpaired) electrons. The lowest BCUT2D eigenvalue weighted by molar-refractivity contribution is 0.0954. The van der Waals surface area contributed by atoms with Gasteiger partial charge in [-0.15, -0.1) is 0 Å². The van der Waals surface area contributed by atoms with Gasteiger partial charge in [0.1, 0.15) is 5.82 Å². The van der Waals surface area contributed by atoms with E-state index in [2.05, 4.69) is 27.0 Å². The first-order chi connectivity index (χ1) is 11.2. The lowest BCUT2D eigenvalue weighted by Crippen LogP contribution is -2.25. The van der Waals surface area contributed by atoms with Gasteiger partial charge in [-0.2, -0.15) is 11.8 Å². The quantitative estimate of drug-likeness (QED) is 0.785. The Kier molecular flexibility index (Phi) is 5.60. The number of aromatic amines is 1. The number of amides is 1. The smallest absolute Gasteiger partial charge is 0.251 e. The molecular weight excluding hydrogens is 306 g/mol. The van der Waals surface area contributed by atoms with Crippen molar-refractivity contribution in [3.8, 4) is 0 Å². The fourth-order valence-corrected chi connectivity index (χ4v) is 4.45. The maximum absolute atomic E-state index is 12.2. The van der Waals surface area contributed by atoms with Crippen LogP contribution in [-0.2, 0) is 0 Å². The molecule has 1 heterocycles. The van der Waals surface area contributed by atoms with E-state index in [-0.39, 0.29) is 5.91 Å². The van der Waals surface area contributed by atoms with E-state index in [1.54, 1.807) is 0 Å². The third kappa shape index (κ3) is 4.50. The first-order valence-electron chi connectivity index (χ1n) is 8.58. The number of hydrogen-bond acceptors (Lipinski definition) is 3. The minimum Gasteiger partial charge on any atom is -0.352 e. The van der Waals surface area contributed by atoms with Crippen LogP contribution in [0.25, 0.3) is 11.0 Å². The van der Waals surface area contributed by atoms with Crippen LogP contribution in [0.2, 0.25) is 0 Å². The third-order valence-electron chi connectivity index (χ3n) is 4.37. The van der Waals surface area contributed by atoms with Gasteiger partial charge in [0.2, 0.25) is 0 Å². The summed E-state index contributed by atoms with van der Waals surface area (Å²) in [5, 5.41) is 3.87. The van der Waals surface area contributed by atoms with Crippen LogP contribution in [0, 0.1) is 6.92 Å². The van der Waals surface area contributed by atoms with E-state index in [9.17, 15) is 4.79 Å². The van der Waals surface area contributed by atoms with Gasteiger partial charge in [-0.3, -0.25) is 4.79 Å². The van der Waals surface area contributed by atoms with Gasteiger partial charge in [-0.1, -0.05) is 19.3 Å². The molecule has 2 N–H and O–H groups in total. The number of aromatic nitrogens is 2. The van der Waals surface area contributed by atoms with E-state index in [1.165, 1.54) is 32.1 Å². The molecule has 0 aliphatic heterocycles. The lowest BCUT2D eigenvalue weighted by atomic mass is 10.0. The summed E-state index contributed by atoms with van der Waals surface area (Å²) >= 11 is 2.08. The Bertz CT molecular complexity index is 661. The second kappa shape index (κ2) is 7.86. The summed E-state index contributed by atoms with van der Waals surface area (Å²) in [5.41, 5.74) is 2.52. The number of rotatable bonds is 6. The molecule has 5 heteroatoms. The van der Waals surface area contributed by atoms with Crippen molar-refractivity contribution in [3.05, 3.63) is 29.6 Å². The Hall–Kier alpha value is -1.49. The van der Waals surface area contributed by atoms with Gasteiger partial charge in [-0.25, -0.2) is 4.98 Å². The van der Waals surface area contributed by atoms with Crippen molar-refractivity contribution in [3.63, 3.8) is 0 Å².